The van der Waals surface area contributed by atoms with E-state index in [1.807, 2.05) is 0 Å². The molecule has 2 rings (SSSR count). The average molecular weight is 190 g/mol. The molecule has 0 saturated carbocycles. The van der Waals surface area contributed by atoms with E-state index in [0.717, 1.165) is 19.0 Å². The summed E-state index contributed by atoms with van der Waals surface area (Å²) in [5.74, 6) is 0.915. The Morgan fingerprint density at radius 2 is 2.00 bits per heavy atom. The van der Waals surface area contributed by atoms with Crippen LogP contribution in [0.25, 0.3) is 0 Å². The zero-order valence-corrected chi connectivity index (χ0v) is 8.50. The summed E-state index contributed by atoms with van der Waals surface area (Å²) < 4.78 is 0. The lowest BCUT2D eigenvalue weighted by Crippen LogP contribution is -2.43. The Morgan fingerprint density at radius 3 is 2.64 bits per heavy atom. The highest BCUT2D eigenvalue weighted by Crippen LogP contribution is 2.06. The molecule has 1 fully saturated rings. The summed E-state index contributed by atoms with van der Waals surface area (Å²) in [4.78, 5) is 0. The smallest absolute Gasteiger partial charge is 0.0205 e. The van der Waals surface area contributed by atoms with E-state index in [0.29, 0.717) is 0 Å². The van der Waals surface area contributed by atoms with Crippen LogP contribution in [-0.2, 0) is 6.54 Å². The highest BCUT2D eigenvalue weighted by molar-refractivity contribution is 5.14. The molecular weight excluding hydrogens is 172 g/mol. The zero-order chi connectivity index (χ0) is 9.64. The molecular formula is C12H18N2. The normalized spacial score (nSPS) is 16.6. The van der Waals surface area contributed by atoms with Crippen molar-refractivity contribution in [2.75, 3.05) is 19.6 Å². The Bertz CT molecular complexity index is 254. The van der Waals surface area contributed by atoms with Gasteiger partial charge in [0.2, 0.25) is 0 Å². The van der Waals surface area contributed by atoms with Gasteiger partial charge in [0.1, 0.15) is 0 Å². The van der Waals surface area contributed by atoms with Crippen molar-refractivity contribution in [3.8, 4) is 0 Å². The van der Waals surface area contributed by atoms with Gasteiger partial charge < -0.3 is 10.6 Å². The highest BCUT2D eigenvalue weighted by atomic mass is 15.0. The third kappa shape index (κ3) is 2.82. The third-order valence-corrected chi connectivity index (χ3v) is 2.77. The van der Waals surface area contributed by atoms with E-state index in [1.165, 1.54) is 25.1 Å². The second kappa shape index (κ2) is 5.13. The molecule has 1 saturated heterocycles. The molecule has 0 atom stereocenters. The Balaban J connectivity index is 1.58. The van der Waals surface area contributed by atoms with Gasteiger partial charge in [-0.05, 0) is 37.5 Å². The largest absolute Gasteiger partial charge is 0.316 e. The second-order valence-electron chi connectivity index (χ2n) is 3.98. The van der Waals surface area contributed by atoms with Crippen molar-refractivity contribution in [2.45, 2.75) is 13.0 Å². The van der Waals surface area contributed by atoms with E-state index in [9.17, 15) is 0 Å². The van der Waals surface area contributed by atoms with E-state index in [-0.39, 0.29) is 0 Å². The lowest BCUT2D eigenvalue weighted by molar-refractivity contribution is 0.322. The van der Waals surface area contributed by atoms with Gasteiger partial charge in [-0.25, -0.2) is 0 Å². The molecule has 76 valence electrons. The molecule has 0 amide bonds. The van der Waals surface area contributed by atoms with Gasteiger partial charge in [0.15, 0.2) is 0 Å². The molecule has 1 aromatic rings. The summed E-state index contributed by atoms with van der Waals surface area (Å²) in [7, 11) is 0. The van der Waals surface area contributed by atoms with Gasteiger partial charge in [-0.1, -0.05) is 30.3 Å². The van der Waals surface area contributed by atoms with Gasteiger partial charge in [-0.15, -0.1) is 0 Å². The van der Waals surface area contributed by atoms with Crippen LogP contribution >= 0.6 is 0 Å². The molecule has 1 aliphatic heterocycles. The highest BCUT2D eigenvalue weighted by Gasteiger charge is 2.15. The number of nitrogens with one attached hydrogen (secondary N) is 2. The minimum absolute atomic E-state index is 0.915. The predicted molar refractivity (Wildman–Crippen MR) is 59.1 cm³/mol. The third-order valence-electron chi connectivity index (χ3n) is 2.77. The van der Waals surface area contributed by atoms with Gasteiger partial charge in [0.25, 0.3) is 0 Å². The fourth-order valence-electron chi connectivity index (χ4n) is 1.69. The summed E-state index contributed by atoms with van der Waals surface area (Å²) in [6.45, 7) is 4.57. The molecule has 2 nitrogen and oxygen atoms in total. The fourth-order valence-corrected chi connectivity index (χ4v) is 1.69. The SMILES string of the molecule is c1ccc(CNCCC2CNC2)cc1. The predicted octanol–water partition coefficient (Wildman–Crippen LogP) is 1.39. The van der Waals surface area contributed by atoms with E-state index < -0.39 is 0 Å². The van der Waals surface area contributed by atoms with Gasteiger partial charge in [-0.3, -0.25) is 0 Å². The van der Waals surface area contributed by atoms with Crippen molar-refractivity contribution < 1.29 is 0 Å². The van der Waals surface area contributed by atoms with Crippen LogP contribution in [0.4, 0.5) is 0 Å². The van der Waals surface area contributed by atoms with Crippen molar-refractivity contribution in [1.29, 1.82) is 0 Å². The zero-order valence-electron chi connectivity index (χ0n) is 8.50. The summed E-state index contributed by atoms with van der Waals surface area (Å²) in [5.41, 5.74) is 1.37. The lowest BCUT2D eigenvalue weighted by Gasteiger charge is -2.26. The number of hydrogen-bond acceptors (Lipinski definition) is 2. The molecule has 1 aliphatic rings. The van der Waals surface area contributed by atoms with E-state index >= 15 is 0 Å². The molecule has 14 heavy (non-hydrogen) atoms. The number of hydrogen-bond donors (Lipinski definition) is 2. The molecule has 2 N–H and O–H groups in total. The maximum Gasteiger partial charge on any atom is 0.0205 e. The van der Waals surface area contributed by atoms with E-state index in [4.69, 9.17) is 0 Å². The first-order valence-electron chi connectivity index (χ1n) is 5.40. The van der Waals surface area contributed by atoms with Crippen LogP contribution in [0, 0.1) is 5.92 Å². The Kier molecular flexibility index (Phi) is 3.55. The van der Waals surface area contributed by atoms with Crippen LogP contribution in [0.5, 0.6) is 0 Å². The van der Waals surface area contributed by atoms with Crippen LogP contribution in [0.2, 0.25) is 0 Å². The molecule has 0 bridgehead atoms. The average Bonchev–Trinajstić information content (AvgIpc) is 2.16. The minimum Gasteiger partial charge on any atom is -0.316 e. The first-order valence-corrected chi connectivity index (χ1v) is 5.40. The van der Waals surface area contributed by atoms with Crippen molar-refractivity contribution in [2.24, 2.45) is 5.92 Å². The van der Waals surface area contributed by atoms with Crippen molar-refractivity contribution in [3.05, 3.63) is 35.9 Å². The summed E-state index contributed by atoms with van der Waals surface area (Å²) in [6, 6.07) is 10.6. The van der Waals surface area contributed by atoms with Crippen LogP contribution in [-0.4, -0.2) is 19.6 Å². The monoisotopic (exact) mass is 190 g/mol. The van der Waals surface area contributed by atoms with Crippen LogP contribution in [0.15, 0.2) is 30.3 Å². The van der Waals surface area contributed by atoms with Gasteiger partial charge >= 0.3 is 0 Å². The molecule has 1 aromatic carbocycles. The number of benzene rings is 1. The van der Waals surface area contributed by atoms with Gasteiger partial charge in [0.05, 0.1) is 0 Å². The Morgan fingerprint density at radius 1 is 1.21 bits per heavy atom. The van der Waals surface area contributed by atoms with Crippen LogP contribution in [0.1, 0.15) is 12.0 Å². The summed E-state index contributed by atoms with van der Waals surface area (Å²) in [6.07, 6.45) is 1.31. The van der Waals surface area contributed by atoms with Crippen LogP contribution < -0.4 is 10.6 Å². The van der Waals surface area contributed by atoms with Crippen LogP contribution in [0.3, 0.4) is 0 Å². The summed E-state index contributed by atoms with van der Waals surface area (Å²) in [5, 5.41) is 6.77. The molecule has 1 heterocycles. The molecule has 0 aliphatic carbocycles. The van der Waals surface area contributed by atoms with Crippen molar-refractivity contribution in [1.82, 2.24) is 10.6 Å². The van der Waals surface area contributed by atoms with Gasteiger partial charge in [-0.2, -0.15) is 0 Å². The maximum atomic E-state index is 3.47. The van der Waals surface area contributed by atoms with Crippen molar-refractivity contribution >= 4 is 0 Å². The summed E-state index contributed by atoms with van der Waals surface area (Å²) >= 11 is 0. The molecule has 2 heteroatoms. The molecule has 0 radical (unpaired) electrons. The Hall–Kier alpha value is -0.860. The standard InChI is InChI=1S/C12H18N2/c1-2-4-11(5-3-1)8-13-7-6-12-9-14-10-12/h1-5,12-14H,6-10H2. The first-order chi connectivity index (χ1) is 6.95. The fraction of sp³-hybridized carbons (Fsp3) is 0.500. The van der Waals surface area contributed by atoms with E-state index in [2.05, 4.69) is 41.0 Å². The molecule has 0 unspecified atom stereocenters. The molecule has 0 spiro atoms. The molecule has 0 aromatic heterocycles. The second-order valence-corrected chi connectivity index (χ2v) is 3.98. The van der Waals surface area contributed by atoms with Gasteiger partial charge in [0, 0.05) is 6.54 Å². The minimum atomic E-state index is 0.915. The number of rotatable bonds is 5. The van der Waals surface area contributed by atoms with Crippen molar-refractivity contribution in [3.63, 3.8) is 0 Å². The maximum absolute atomic E-state index is 3.47. The topological polar surface area (TPSA) is 24.1 Å². The quantitative estimate of drug-likeness (QED) is 0.686. The Labute approximate surface area is 85.7 Å². The lowest BCUT2D eigenvalue weighted by atomic mass is 10.00. The van der Waals surface area contributed by atoms with E-state index in [1.54, 1.807) is 0 Å². The first kappa shape index (κ1) is 9.69.